The summed E-state index contributed by atoms with van der Waals surface area (Å²) in [5.41, 5.74) is 0.353. The third kappa shape index (κ3) is 3.19. The predicted molar refractivity (Wildman–Crippen MR) is 70.9 cm³/mol. The fraction of sp³-hybridized carbons (Fsp3) is 0.364. The van der Waals surface area contributed by atoms with E-state index in [2.05, 4.69) is 26.0 Å². The molecular weight excluding hydrogens is 304 g/mol. The predicted octanol–water partition coefficient (Wildman–Crippen LogP) is 2.97. The molecule has 0 aromatic heterocycles. The first kappa shape index (κ1) is 14.4. The van der Waals surface area contributed by atoms with Crippen molar-refractivity contribution in [2.45, 2.75) is 13.3 Å². The Hall–Kier alpha value is -1.63. The van der Waals surface area contributed by atoms with E-state index < -0.39 is 10.9 Å². The van der Waals surface area contributed by atoms with E-state index in [0.717, 1.165) is 6.42 Å². The third-order valence-corrected chi connectivity index (χ3v) is 2.86. The van der Waals surface area contributed by atoms with Gasteiger partial charge in [0, 0.05) is 17.1 Å². The van der Waals surface area contributed by atoms with Crippen molar-refractivity contribution in [3.8, 4) is 0 Å². The Kier molecular flexibility index (Phi) is 5.08. The van der Waals surface area contributed by atoms with Crippen molar-refractivity contribution in [1.29, 1.82) is 0 Å². The van der Waals surface area contributed by atoms with Crippen LogP contribution in [-0.2, 0) is 4.74 Å². The zero-order chi connectivity index (χ0) is 13.7. The van der Waals surface area contributed by atoms with Crippen LogP contribution in [0, 0.1) is 10.1 Å². The Bertz CT molecular complexity index is 476. The van der Waals surface area contributed by atoms with Gasteiger partial charge in [0.15, 0.2) is 0 Å². The SMILES string of the molecule is CCCNc1c(Br)cc(C(=O)OC)cc1[N+](=O)[O-]. The quantitative estimate of drug-likeness (QED) is 0.513. The number of nitrogens with one attached hydrogen (secondary N) is 1. The van der Waals surface area contributed by atoms with E-state index in [0.29, 0.717) is 16.7 Å². The van der Waals surface area contributed by atoms with Crippen LogP contribution in [0.1, 0.15) is 23.7 Å². The average molecular weight is 317 g/mol. The molecule has 0 aliphatic carbocycles. The highest BCUT2D eigenvalue weighted by Gasteiger charge is 2.21. The molecule has 0 heterocycles. The first-order chi connectivity index (χ1) is 8.51. The summed E-state index contributed by atoms with van der Waals surface area (Å²) in [5, 5.41) is 13.9. The molecule has 0 saturated heterocycles. The Balaban J connectivity index is 3.26. The van der Waals surface area contributed by atoms with Crippen molar-refractivity contribution in [1.82, 2.24) is 0 Å². The molecular formula is C11H13BrN2O4. The molecule has 1 N–H and O–H groups in total. The summed E-state index contributed by atoms with van der Waals surface area (Å²) in [6.45, 7) is 2.56. The van der Waals surface area contributed by atoms with E-state index in [-0.39, 0.29) is 11.3 Å². The summed E-state index contributed by atoms with van der Waals surface area (Å²) in [6, 6.07) is 2.70. The lowest BCUT2D eigenvalue weighted by Gasteiger charge is -2.09. The molecule has 98 valence electrons. The van der Waals surface area contributed by atoms with E-state index in [1.165, 1.54) is 19.2 Å². The van der Waals surface area contributed by atoms with Crippen LogP contribution in [0.15, 0.2) is 16.6 Å². The van der Waals surface area contributed by atoms with E-state index in [1.54, 1.807) is 0 Å². The number of rotatable bonds is 5. The fourth-order valence-corrected chi connectivity index (χ4v) is 1.99. The van der Waals surface area contributed by atoms with Crippen LogP contribution in [0.25, 0.3) is 0 Å². The average Bonchev–Trinajstić information content (AvgIpc) is 2.35. The van der Waals surface area contributed by atoms with Gasteiger partial charge >= 0.3 is 5.97 Å². The number of anilines is 1. The maximum atomic E-state index is 11.4. The second-order valence-electron chi connectivity index (χ2n) is 3.53. The number of carbonyl (C=O) groups excluding carboxylic acids is 1. The minimum atomic E-state index is -0.610. The number of ether oxygens (including phenoxy) is 1. The van der Waals surface area contributed by atoms with Crippen molar-refractivity contribution in [2.24, 2.45) is 0 Å². The van der Waals surface area contributed by atoms with Gasteiger partial charge in [0.05, 0.1) is 17.6 Å². The third-order valence-electron chi connectivity index (χ3n) is 2.24. The molecule has 0 atom stereocenters. The lowest BCUT2D eigenvalue weighted by atomic mass is 10.1. The summed E-state index contributed by atoms with van der Waals surface area (Å²) >= 11 is 3.22. The molecule has 0 amide bonds. The van der Waals surface area contributed by atoms with Gasteiger partial charge in [-0.1, -0.05) is 6.92 Å². The van der Waals surface area contributed by atoms with E-state index in [1.807, 2.05) is 6.92 Å². The molecule has 1 rings (SSSR count). The van der Waals surface area contributed by atoms with Crippen LogP contribution in [0.2, 0.25) is 0 Å². The molecule has 1 aromatic carbocycles. The van der Waals surface area contributed by atoms with Crippen molar-refractivity contribution < 1.29 is 14.5 Å². The lowest BCUT2D eigenvalue weighted by Crippen LogP contribution is -2.07. The number of nitrogens with zero attached hydrogens (tertiary/aromatic N) is 1. The molecule has 1 aromatic rings. The maximum Gasteiger partial charge on any atom is 0.338 e. The number of halogens is 1. The number of methoxy groups -OCH3 is 1. The number of hydrogen-bond donors (Lipinski definition) is 1. The standard InChI is InChI=1S/C11H13BrN2O4/c1-3-4-13-10-8(12)5-7(11(15)18-2)6-9(10)14(16)17/h5-6,13H,3-4H2,1-2H3. The van der Waals surface area contributed by atoms with Crippen molar-refractivity contribution in [2.75, 3.05) is 19.0 Å². The van der Waals surface area contributed by atoms with Gasteiger partial charge in [0.2, 0.25) is 0 Å². The Labute approximate surface area is 113 Å². The minimum absolute atomic E-state index is 0.137. The highest BCUT2D eigenvalue weighted by Crippen LogP contribution is 2.34. The van der Waals surface area contributed by atoms with Gasteiger partial charge in [-0.2, -0.15) is 0 Å². The molecule has 0 radical (unpaired) electrons. The molecule has 0 aliphatic rings. The zero-order valence-electron chi connectivity index (χ0n) is 10.0. The number of hydrogen-bond acceptors (Lipinski definition) is 5. The first-order valence-corrected chi connectivity index (χ1v) is 6.10. The molecule has 7 heteroatoms. The van der Waals surface area contributed by atoms with E-state index in [4.69, 9.17) is 0 Å². The van der Waals surface area contributed by atoms with Crippen LogP contribution in [0.3, 0.4) is 0 Å². The summed E-state index contributed by atoms with van der Waals surface area (Å²) in [7, 11) is 1.23. The van der Waals surface area contributed by atoms with Crippen LogP contribution < -0.4 is 5.32 Å². The van der Waals surface area contributed by atoms with Gasteiger partial charge in [-0.05, 0) is 28.4 Å². The number of carbonyl (C=O) groups is 1. The number of nitro benzene ring substituents is 1. The molecule has 0 spiro atoms. The molecule has 0 bridgehead atoms. The minimum Gasteiger partial charge on any atom is -0.465 e. The molecule has 18 heavy (non-hydrogen) atoms. The van der Waals surface area contributed by atoms with Gasteiger partial charge in [-0.15, -0.1) is 0 Å². The largest absolute Gasteiger partial charge is 0.465 e. The summed E-state index contributed by atoms with van der Waals surface area (Å²) < 4.78 is 5.01. The van der Waals surface area contributed by atoms with Crippen LogP contribution >= 0.6 is 15.9 Å². The molecule has 0 fully saturated rings. The lowest BCUT2D eigenvalue weighted by molar-refractivity contribution is -0.384. The summed E-state index contributed by atoms with van der Waals surface area (Å²) in [4.78, 5) is 21.8. The fourth-order valence-electron chi connectivity index (χ4n) is 1.40. The van der Waals surface area contributed by atoms with Crippen molar-refractivity contribution >= 4 is 33.3 Å². The van der Waals surface area contributed by atoms with Crippen molar-refractivity contribution in [3.05, 3.63) is 32.3 Å². The van der Waals surface area contributed by atoms with E-state index in [9.17, 15) is 14.9 Å². The van der Waals surface area contributed by atoms with Crippen LogP contribution in [-0.4, -0.2) is 24.5 Å². The van der Waals surface area contributed by atoms with Gasteiger partial charge in [-0.25, -0.2) is 4.79 Å². The molecule has 0 unspecified atom stereocenters. The summed E-state index contributed by atoms with van der Waals surface area (Å²) in [5.74, 6) is -0.610. The second-order valence-corrected chi connectivity index (χ2v) is 4.38. The first-order valence-electron chi connectivity index (χ1n) is 5.31. The monoisotopic (exact) mass is 316 g/mol. The normalized spacial score (nSPS) is 9.94. The number of esters is 1. The van der Waals surface area contributed by atoms with Crippen LogP contribution in [0.5, 0.6) is 0 Å². The number of benzene rings is 1. The van der Waals surface area contributed by atoms with Crippen LogP contribution in [0.4, 0.5) is 11.4 Å². The smallest absolute Gasteiger partial charge is 0.338 e. The van der Waals surface area contributed by atoms with Gasteiger partial charge in [0.25, 0.3) is 5.69 Å². The van der Waals surface area contributed by atoms with Crippen molar-refractivity contribution in [3.63, 3.8) is 0 Å². The highest BCUT2D eigenvalue weighted by molar-refractivity contribution is 9.10. The van der Waals surface area contributed by atoms with Gasteiger partial charge in [0.1, 0.15) is 5.69 Å². The number of nitro groups is 1. The Morgan fingerprint density at radius 2 is 2.22 bits per heavy atom. The van der Waals surface area contributed by atoms with E-state index >= 15 is 0 Å². The Morgan fingerprint density at radius 1 is 1.56 bits per heavy atom. The van der Waals surface area contributed by atoms with Gasteiger partial charge in [-0.3, -0.25) is 10.1 Å². The topological polar surface area (TPSA) is 81.5 Å². The Morgan fingerprint density at radius 3 is 2.72 bits per heavy atom. The highest BCUT2D eigenvalue weighted by atomic mass is 79.9. The molecule has 0 saturated carbocycles. The second kappa shape index (κ2) is 6.34. The maximum absolute atomic E-state index is 11.4. The molecule has 6 nitrogen and oxygen atoms in total. The summed E-state index contributed by atoms with van der Waals surface area (Å²) in [6.07, 6.45) is 0.836. The van der Waals surface area contributed by atoms with Gasteiger partial charge < -0.3 is 10.1 Å². The molecule has 0 aliphatic heterocycles. The zero-order valence-corrected chi connectivity index (χ0v) is 11.6.